The number of unbranched alkanes of at least 4 members (excludes halogenated alkanes) is 2. The van der Waals surface area contributed by atoms with E-state index in [1.807, 2.05) is 6.92 Å². The fraction of sp³-hybridized carbons (Fsp3) is 0.500. The lowest BCUT2D eigenvalue weighted by atomic mass is 10.1. The molecule has 0 amide bonds. The van der Waals surface area contributed by atoms with Gasteiger partial charge in [0, 0.05) is 17.9 Å². The number of benzene rings is 1. The smallest absolute Gasteiger partial charge is 0.132 e. The highest BCUT2D eigenvalue weighted by atomic mass is 35.5. The Balaban J connectivity index is 0.000000302. The van der Waals surface area contributed by atoms with Crippen LogP contribution in [-0.4, -0.2) is 5.78 Å². The minimum atomic E-state index is -0.294. The topological polar surface area (TPSA) is 17.1 Å². The molecule has 0 atom stereocenters. The van der Waals surface area contributed by atoms with Crippen LogP contribution in [0.3, 0.4) is 0 Å². The van der Waals surface area contributed by atoms with Gasteiger partial charge >= 0.3 is 0 Å². The van der Waals surface area contributed by atoms with Crippen molar-refractivity contribution in [3.05, 3.63) is 35.1 Å². The molecule has 0 saturated heterocycles. The van der Waals surface area contributed by atoms with Crippen LogP contribution in [0.25, 0.3) is 0 Å². The molecule has 1 nitrogen and oxygen atoms in total. The molecule has 0 N–H and O–H groups in total. The van der Waals surface area contributed by atoms with E-state index in [9.17, 15) is 9.18 Å². The number of carbonyl (C=O) groups excluding carboxylic acids is 1. The molecule has 0 unspecified atom stereocenters. The van der Waals surface area contributed by atoms with Crippen LogP contribution in [-0.2, 0) is 4.79 Å². The van der Waals surface area contributed by atoms with E-state index in [4.69, 9.17) is 11.6 Å². The van der Waals surface area contributed by atoms with Crippen LogP contribution in [0, 0.1) is 5.82 Å². The molecular weight excluding hydrogens is 239 g/mol. The van der Waals surface area contributed by atoms with E-state index in [1.54, 1.807) is 12.1 Å². The first-order chi connectivity index (χ1) is 8.10. The number of ketones is 1. The molecular formula is C14H20ClFO. The van der Waals surface area contributed by atoms with Crippen molar-refractivity contribution in [1.82, 2.24) is 0 Å². The van der Waals surface area contributed by atoms with Gasteiger partial charge in [0.25, 0.3) is 0 Å². The van der Waals surface area contributed by atoms with Crippen LogP contribution in [0.1, 0.15) is 46.0 Å². The van der Waals surface area contributed by atoms with E-state index in [2.05, 4.69) is 6.92 Å². The molecule has 3 heteroatoms. The third-order valence-electron chi connectivity index (χ3n) is 2.24. The van der Waals surface area contributed by atoms with E-state index in [0.717, 1.165) is 12.8 Å². The Labute approximate surface area is 108 Å². The van der Waals surface area contributed by atoms with Crippen LogP contribution >= 0.6 is 11.6 Å². The van der Waals surface area contributed by atoms with Gasteiger partial charge in [0.2, 0.25) is 0 Å². The summed E-state index contributed by atoms with van der Waals surface area (Å²) in [6.45, 7) is 4.07. The van der Waals surface area contributed by atoms with Crippen molar-refractivity contribution in [2.45, 2.75) is 46.0 Å². The summed E-state index contributed by atoms with van der Waals surface area (Å²) in [7, 11) is 0. The number of Topliss-reactive ketones (excluding diaryl/α,β-unsaturated/α-hetero) is 1. The molecule has 0 saturated carbocycles. The molecule has 0 aliphatic carbocycles. The summed E-state index contributed by atoms with van der Waals surface area (Å²) in [6, 6.07) is 5.82. The average molecular weight is 259 g/mol. The predicted octanol–water partition coefficient (Wildman–Crippen LogP) is 5.02. The van der Waals surface area contributed by atoms with E-state index in [-0.39, 0.29) is 5.82 Å². The molecule has 1 aromatic rings. The van der Waals surface area contributed by atoms with Crippen molar-refractivity contribution >= 4 is 17.4 Å². The standard InChI is InChI=1S/C8H16O.C6H4ClF/c1-3-5-6-7-8(9)4-2;7-5-2-1-3-6(8)4-5/h3-7H2,1-2H3;1-4H. The van der Waals surface area contributed by atoms with Crippen molar-refractivity contribution in [3.8, 4) is 0 Å². The van der Waals surface area contributed by atoms with Crippen LogP contribution in [0.4, 0.5) is 4.39 Å². The molecule has 0 heterocycles. The SMILES string of the molecule is CCCCCC(=O)CC.Fc1cccc(Cl)c1. The van der Waals surface area contributed by atoms with Gasteiger partial charge < -0.3 is 0 Å². The van der Waals surface area contributed by atoms with E-state index in [0.29, 0.717) is 17.2 Å². The number of halogens is 2. The van der Waals surface area contributed by atoms with Gasteiger partial charge in [0.15, 0.2) is 0 Å². The number of carbonyl (C=O) groups is 1. The Bertz CT molecular complexity index is 309. The van der Waals surface area contributed by atoms with Crippen LogP contribution in [0.5, 0.6) is 0 Å². The van der Waals surface area contributed by atoms with Crippen molar-refractivity contribution in [2.24, 2.45) is 0 Å². The lowest BCUT2D eigenvalue weighted by Gasteiger charge is -1.93. The molecule has 1 aromatic carbocycles. The van der Waals surface area contributed by atoms with Gasteiger partial charge in [-0.3, -0.25) is 4.79 Å². The normalized spacial score (nSPS) is 9.41. The molecule has 1 rings (SSSR count). The largest absolute Gasteiger partial charge is 0.300 e. The van der Waals surface area contributed by atoms with Crippen molar-refractivity contribution < 1.29 is 9.18 Å². The third kappa shape index (κ3) is 10.0. The highest BCUT2D eigenvalue weighted by molar-refractivity contribution is 6.30. The fourth-order valence-corrected chi connectivity index (χ4v) is 1.39. The summed E-state index contributed by atoms with van der Waals surface area (Å²) >= 11 is 5.40. The summed E-state index contributed by atoms with van der Waals surface area (Å²) in [6.07, 6.45) is 5.00. The third-order valence-corrected chi connectivity index (χ3v) is 2.48. The van der Waals surface area contributed by atoms with Gasteiger partial charge in [-0.25, -0.2) is 4.39 Å². The highest BCUT2D eigenvalue weighted by Crippen LogP contribution is 2.07. The molecule has 17 heavy (non-hydrogen) atoms. The lowest BCUT2D eigenvalue weighted by molar-refractivity contribution is -0.118. The van der Waals surface area contributed by atoms with Gasteiger partial charge in [0.1, 0.15) is 11.6 Å². The minimum Gasteiger partial charge on any atom is -0.300 e. The molecule has 0 radical (unpaired) electrons. The van der Waals surface area contributed by atoms with Gasteiger partial charge in [-0.05, 0) is 24.6 Å². The van der Waals surface area contributed by atoms with Crippen LogP contribution < -0.4 is 0 Å². The minimum absolute atomic E-state index is 0.294. The molecule has 0 bridgehead atoms. The second kappa shape index (κ2) is 10.3. The lowest BCUT2D eigenvalue weighted by Crippen LogP contribution is -1.93. The zero-order valence-electron chi connectivity index (χ0n) is 10.5. The monoisotopic (exact) mass is 258 g/mol. The second-order valence-electron chi connectivity index (χ2n) is 3.79. The average Bonchev–Trinajstić information content (AvgIpc) is 2.29. The summed E-state index contributed by atoms with van der Waals surface area (Å²) in [4.78, 5) is 10.7. The van der Waals surface area contributed by atoms with Gasteiger partial charge in [-0.15, -0.1) is 0 Å². The molecule has 0 fully saturated rings. The zero-order valence-corrected chi connectivity index (χ0v) is 11.3. The van der Waals surface area contributed by atoms with Gasteiger partial charge in [-0.1, -0.05) is 44.4 Å². The summed E-state index contributed by atoms with van der Waals surface area (Å²) in [5.74, 6) is 0.112. The highest BCUT2D eigenvalue weighted by Gasteiger charge is 1.95. The van der Waals surface area contributed by atoms with Crippen LogP contribution in [0.2, 0.25) is 5.02 Å². The Kier molecular flexibility index (Phi) is 9.74. The Morgan fingerprint density at radius 2 is 2.00 bits per heavy atom. The van der Waals surface area contributed by atoms with Gasteiger partial charge in [0.05, 0.1) is 0 Å². The number of hydrogen-bond donors (Lipinski definition) is 0. The first kappa shape index (κ1) is 16.1. The second-order valence-corrected chi connectivity index (χ2v) is 4.23. The number of rotatable bonds is 5. The van der Waals surface area contributed by atoms with E-state index >= 15 is 0 Å². The summed E-state index contributed by atoms with van der Waals surface area (Å²) in [5, 5.41) is 0.435. The Morgan fingerprint density at radius 1 is 1.29 bits per heavy atom. The van der Waals surface area contributed by atoms with Crippen LogP contribution in [0.15, 0.2) is 24.3 Å². The van der Waals surface area contributed by atoms with Crippen molar-refractivity contribution in [1.29, 1.82) is 0 Å². The summed E-state index contributed by atoms with van der Waals surface area (Å²) < 4.78 is 12.1. The maximum atomic E-state index is 12.1. The number of hydrogen-bond acceptors (Lipinski definition) is 1. The molecule has 96 valence electrons. The van der Waals surface area contributed by atoms with Crippen molar-refractivity contribution in [3.63, 3.8) is 0 Å². The zero-order chi connectivity index (χ0) is 13.1. The molecule has 0 aliphatic rings. The first-order valence-corrected chi connectivity index (χ1v) is 6.40. The van der Waals surface area contributed by atoms with Gasteiger partial charge in [-0.2, -0.15) is 0 Å². The molecule has 0 aliphatic heterocycles. The maximum absolute atomic E-state index is 12.1. The Morgan fingerprint density at radius 3 is 2.41 bits per heavy atom. The Hall–Kier alpha value is -0.890. The molecule has 0 spiro atoms. The summed E-state index contributed by atoms with van der Waals surface area (Å²) in [5.41, 5.74) is 0. The first-order valence-electron chi connectivity index (χ1n) is 6.02. The maximum Gasteiger partial charge on any atom is 0.132 e. The quantitative estimate of drug-likeness (QED) is 0.678. The van der Waals surface area contributed by atoms with Crippen molar-refractivity contribution in [2.75, 3.05) is 0 Å². The van der Waals surface area contributed by atoms with E-state index < -0.39 is 0 Å². The predicted molar refractivity (Wildman–Crippen MR) is 70.9 cm³/mol. The van der Waals surface area contributed by atoms with E-state index in [1.165, 1.54) is 25.0 Å². The molecule has 0 aromatic heterocycles. The fourth-order valence-electron chi connectivity index (χ4n) is 1.21.